The summed E-state index contributed by atoms with van der Waals surface area (Å²) in [7, 11) is 0. The Morgan fingerprint density at radius 3 is 2.46 bits per heavy atom. The highest BCUT2D eigenvalue weighted by atomic mass is 15.3. The van der Waals surface area contributed by atoms with Crippen LogP contribution in [0.25, 0.3) is 0 Å². The number of fused-ring (bicyclic) bond motifs is 1. The fourth-order valence-electron chi connectivity index (χ4n) is 3.20. The molecule has 1 N–H and O–H groups in total. The molecule has 1 aliphatic heterocycles. The Morgan fingerprint density at radius 2 is 1.79 bits per heavy atom. The number of rotatable bonds is 4. The van der Waals surface area contributed by atoms with E-state index in [1.54, 1.807) is 0 Å². The molecule has 0 unspecified atom stereocenters. The number of anilines is 2. The van der Waals surface area contributed by atoms with Crippen molar-refractivity contribution >= 4 is 11.8 Å². The summed E-state index contributed by atoms with van der Waals surface area (Å²) < 4.78 is 0. The topological polar surface area (TPSA) is 41.1 Å². The Bertz CT molecular complexity index is 709. The van der Waals surface area contributed by atoms with Gasteiger partial charge in [0.15, 0.2) is 0 Å². The van der Waals surface area contributed by atoms with Crippen LogP contribution in [0.1, 0.15) is 57.4 Å². The van der Waals surface area contributed by atoms with Crippen molar-refractivity contribution in [3.63, 3.8) is 0 Å². The second-order valence-corrected chi connectivity index (χ2v) is 7.38. The van der Waals surface area contributed by atoms with E-state index < -0.39 is 0 Å². The molecular weight excluding hydrogens is 296 g/mol. The van der Waals surface area contributed by atoms with Gasteiger partial charge in [0, 0.05) is 24.7 Å². The third-order valence-electron chi connectivity index (χ3n) is 4.54. The average molecular weight is 324 g/mol. The molecule has 0 fully saturated rings. The summed E-state index contributed by atoms with van der Waals surface area (Å²) in [6, 6.07) is 11.6. The van der Waals surface area contributed by atoms with Crippen LogP contribution in [0.5, 0.6) is 0 Å². The first-order valence-corrected chi connectivity index (χ1v) is 8.93. The third-order valence-corrected chi connectivity index (χ3v) is 4.54. The van der Waals surface area contributed by atoms with Gasteiger partial charge in [-0.15, -0.1) is 0 Å². The highest BCUT2D eigenvalue weighted by Crippen LogP contribution is 2.29. The fourth-order valence-corrected chi connectivity index (χ4v) is 3.20. The summed E-state index contributed by atoms with van der Waals surface area (Å²) in [5, 5.41) is 3.36. The predicted octanol–water partition coefficient (Wildman–Crippen LogP) is 4.37. The van der Waals surface area contributed by atoms with Gasteiger partial charge in [-0.2, -0.15) is 4.98 Å². The van der Waals surface area contributed by atoms with Crippen LogP contribution in [-0.4, -0.2) is 22.1 Å². The van der Waals surface area contributed by atoms with Crippen LogP contribution < -0.4 is 10.2 Å². The van der Waals surface area contributed by atoms with Crippen LogP contribution in [0, 0.1) is 0 Å². The monoisotopic (exact) mass is 324 g/mol. The fraction of sp³-hybridized carbons (Fsp3) is 0.500. The Labute approximate surface area is 145 Å². The first kappa shape index (κ1) is 16.7. The van der Waals surface area contributed by atoms with Gasteiger partial charge in [-0.05, 0) is 44.2 Å². The van der Waals surface area contributed by atoms with Crippen molar-refractivity contribution in [1.82, 2.24) is 9.97 Å². The van der Waals surface area contributed by atoms with E-state index in [0.29, 0.717) is 18.0 Å². The predicted molar refractivity (Wildman–Crippen MR) is 101 cm³/mol. The molecule has 0 saturated carbocycles. The minimum Gasteiger partial charge on any atom is -0.352 e. The van der Waals surface area contributed by atoms with Gasteiger partial charge >= 0.3 is 0 Å². The van der Waals surface area contributed by atoms with E-state index in [1.807, 2.05) is 0 Å². The highest BCUT2D eigenvalue weighted by Gasteiger charge is 2.25. The van der Waals surface area contributed by atoms with Gasteiger partial charge in [0.2, 0.25) is 5.95 Å². The second-order valence-electron chi connectivity index (χ2n) is 7.38. The van der Waals surface area contributed by atoms with Gasteiger partial charge in [0.1, 0.15) is 5.82 Å². The molecule has 0 spiro atoms. The van der Waals surface area contributed by atoms with Crippen molar-refractivity contribution in [3.8, 4) is 0 Å². The zero-order valence-corrected chi connectivity index (χ0v) is 15.4. The summed E-state index contributed by atoms with van der Waals surface area (Å²) in [6.07, 6.45) is 1.06. The van der Waals surface area contributed by atoms with Crippen molar-refractivity contribution in [3.05, 3.63) is 47.2 Å². The van der Waals surface area contributed by atoms with Gasteiger partial charge in [-0.1, -0.05) is 38.1 Å². The van der Waals surface area contributed by atoms with Crippen LogP contribution in [0.15, 0.2) is 30.3 Å². The van der Waals surface area contributed by atoms with Crippen molar-refractivity contribution in [1.29, 1.82) is 0 Å². The maximum absolute atomic E-state index is 4.81. The summed E-state index contributed by atoms with van der Waals surface area (Å²) in [4.78, 5) is 11.9. The number of hydrogen-bond acceptors (Lipinski definition) is 4. The lowest BCUT2D eigenvalue weighted by molar-refractivity contribution is 0.585. The molecule has 1 aliphatic rings. The van der Waals surface area contributed by atoms with E-state index in [9.17, 15) is 0 Å². The highest BCUT2D eigenvalue weighted by molar-refractivity contribution is 5.50. The lowest BCUT2D eigenvalue weighted by Crippen LogP contribution is -2.39. The number of hydrogen-bond donors (Lipinski definition) is 1. The van der Waals surface area contributed by atoms with Gasteiger partial charge in [-0.25, -0.2) is 4.98 Å². The molecule has 3 rings (SSSR count). The van der Waals surface area contributed by atoms with Crippen molar-refractivity contribution in [2.24, 2.45) is 0 Å². The number of nitrogens with zero attached hydrogens (tertiary/aromatic N) is 3. The molecule has 0 bridgehead atoms. The van der Waals surface area contributed by atoms with E-state index in [-0.39, 0.29) is 0 Å². The maximum Gasteiger partial charge on any atom is 0.225 e. The van der Waals surface area contributed by atoms with Crippen molar-refractivity contribution in [2.75, 3.05) is 10.2 Å². The summed E-state index contributed by atoms with van der Waals surface area (Å²) in [5.41, 5.74) is 3.95. The maximum atomic E-state index is 4.81. The minimum atomic E-state index is 0.319. The van der Waals surface area contributed by atoms with Gasteiger partial charge in [0.25, 0.3) is 0 Å². The number of nitrogens with one attached hydrogen (secondary N) is 1. The van der Waals surface area contributed by atoms with Crippen LogP contribution >= 0.6 is 0 Å². The van der Waals surface area contributed by atoms with E-state index in [1.165, 1.54) is 11.1 Å². The van der Waals surface area contributed by atoms with Crippen LogP contribution in [0.3, 0.4) is 0 Å². The Kier molecular flexibility index (Phi) is 4.74. The van der Waals surface area contributed by atoms with E-state index in [4.69, 9.17) is 4.98 Å². The normalized spacial score (nSPS) is 17.3. The zero-order valence-electron chi connectivity index (χ0n) is 15.4. The molecule has 4 heteroatoms. The van der Waals surface area contributed by atoms with E-state index >= 15 is 0 Å². The Morgan fingerprint density at radius 1 is 1.08 bits per heavy atom. The largest absolute Gasteiger partial charge is 0.352 e. The SMILES string of the molecule is CC(C)Nc1nc(C(C)C)cc(N2Cc3ccccc3C[C@@H]2C)n1. The molecule has 1 aromatic heterocycles. The van der Waals surface area contributed by atoms with Gasteiger partial charge < -0.3 is 10.2 Å². The lowest BCUT2D eigenvalue weighted by Gasteiger charge is -2.36. The Balaban J connectivity index is 1.97. The van der Waals surface area contributed by atoms with E-state index in [0.717, 1.165) is 30.4 Å². The van der Waals surface area contributed by atoms with Crippen molar-refractivity contribution in [2.45, 2.75) is 65.6 Å². The summed E-state index contributed by atoms with van der Waals surface area (Å²) in [5.74, 6) is 2.14. The smallest absolute Gasteiger partial charge is 0.225 e. The zero-order chi connectivity index (χ0) is 17.3. The molecule has 0 aliphatic carbocycles. The second kappa shape index (κ2) is 6.80. The summed E-state index contributed by atoms with van der Waals surface area (Å²) >= 11 is 0. The quantitative estimate of drug-likeness (QED) is 0.906. The molecule has 2 heterocycles. The average Bonchev–Trinajstić information content (AvgIpc) is 2.53. The standard InChI is InChI=1S/C20H28N4/c1-13(2)18-11-19(23-20(22-18)21-14(3)4)24-12-17-9-7-6-8-16(17)10-15(24)5/h6-9,11,13-15H,10,12H2,1-5H3,(H,21,22,23)/t15-/m0/s1. The molecule has 0 saturated heterocycles. The molecule has 24 heavy (non-hydrogen) atoms. The number of aromatic nitrogens is 2. The van der Waals surface area contributed by atoms with Gasteiger partial charge in [-0.3, -0.25) is 0 Å². The lowest BCUT2D eigenvalue weighted by atomic mass is 9.95. The van der Waals surface area contributed by atoms with Crippen LogP contribution in [-0.2, 0) is 13.0 Å². The van der Waals surface area contributed by atoms with Gasteiger partial charge in [0.05, 0.1) is 5.69 Å². The molecular formula is C20H28N4. The minimum absolute atomic E-state index is 0.319. The molecule has 4 nitrogen and oxygen atoms in total. The Hall–Kier alpha value is -2.10. The molecule has 0 amide bonds. The van der Waals surface area contributed by atoms with Crippen molar-refractivity contribution < 1.29 is 0 Å². The molecule has 0 radical (unpaired) electrons. The van der Waals surface area contributed by atoms with E-state index in [2.05, 4.69) is 80.2 Å². The first-order chi connectivity index (χ1) is 11.4. The molecule has 128 valence electrons. The molecule has 1 atom stereocenters. The third kappa shape index (κ3) is 3.53. The molecule has 1 aromatic carbocycles. The molecule has 2 aromatic rings. The van der Waals surface area contributed by atoms with Crippen LogP contribution in [0.2, 0.25) is 0 Å². The first-order valence-electron chi connectivity index (χ1n) is 8.93. The van der Waals surface area contributed by atoms with Crippen LogP contribution in [0.4, 0.5) is 11.8 Å². The summed E-state index contributed by atoms with van der Waals surface area (Å²) in [6.45, 7) is 11.8. The number of benzene rings is 1.